The summed E-state index contributed by atoms with van der Waals surface area (Å²) in [7, 11) is 1.56. The second kappa shape index (κ2) is 6.46. The summed E-state index contributed by atoms with van der Waals surface area (Å²) in [6.45, 7) is 6.46. The molecule has 0 amide bonds. The van der Waals surface area contributed by atoms with Gasteiger partial charge in [-0.1, -0.05) is 20.8 Å². The van der Waals surface area contributed by atoms with Crippen LogP contribution < -0.4 is 16.0 Å². The van der Waals surface area contributed by atoms with Crippen LogP contribution in [0.2, 0.25) is 0 Å². The first kappa shape index (κ1) is 15.8. The van der Waals surface area contributed by atoms with Gasteiger partial charge in [-0.2, -0.15) is 5.10 Å². The molecule has 0 radical (unpaired) electrons. The average Bonchev–Trinajstić information content (AvgIpc) is 2.93. The van der Waals surface area contributed by atoms with E-state index in [0.717, 1.165) is 16.4 Å². The third-order valence-corrected chi connectivity index (χ3v) is 4.00. The van der Waals surface area contributed by atoms with Gasteiger partial charge < -0.3 is 4.74 Å². The third kappa shape index (κ3) is 3.96. The summed E-state index contributed by atoms with van der Waals surface area (Å²) < 4.78 is 5.01. The van der Waals surface area contributed by atoms with Gasteiger partial charge in [0, 0.05) is 23.3 Å². The maximum atomic E-state index is 5.64. The SMILES string of the molecule is COc1ccc(C(Cc2nc(C(C)(C)C)cs2)NN)nn1. The Labute approximate surface area is 128 Å². The Bertz CT molecular complexity index is 576. The van der Waals surface area contributed by atoms with Crippen LogP contribution in [0.5, 0.6) is 5.88 Å². The molecule has 0 aliphatic carbocycles. The summed E-state index contributed by atoms with van der Waals surface area (Å²) >= 11 is 1.64. The largest absolute Gasteiger partial charge is 0.480 e. The molecule has 0 saturated heterocycles. The second-order valence-corrected chi connectivity index (χ2v) is 6.74. The van der Waals surface area contributed by atoms with E-state index in [1.807, 2.05) is 6.07 Å². The van der Waals surface area contributed by atoms with Crippen molar-refractivity contribution in [2.45, 2.75) is 38.6 Å². The fraction of sp³-hybridized carbons (Fsp3) is 0.500. The van der Waals surface area contributed by atoms with Crippen molar-refractivity contribution in [3.63, 3.8) is 0 Å². The number of hydrazine groups is 1. The van der Waals surface area contributed by atoms with Crippen LogP contribution >= 0.6 is 11.3 Å². The summed E-state index contributed by atoms with van der Waals surface area (Å²) in [4.78, 5) is 4.68. The molecule has 0 spiro atoms. The van der Waals surface area contributed by atoms with Crippen molar-refractivity contribution in [3.8, 4) is 5.88 Å². The van der Waals surface area contributed by atoms with Crippen LogP contribution in [0.25, 0.3) is 0 Å². The predicted octanol–water partition coefficient (Wildman–Crippen LogP) is 1.99. The maximum absolute atomic E-state index is 5.64. The number of nitrogens with zero attached hydrogens (tertiary/aromatic N) is 3. The van der Waals surface area contributed by atoms with E-state index in [0.29, 0.717) is 12.3 Å². The molecule has 2 heterocycles. The molecule has 0 saturated carbocycles. The van der Waals surface area contributed by atoms with E-state index >= 15 is 0 Å². The minimum atomic E-state index is -0.123. The molecule has 2 aromatic rings. The Balaban J connectivity index is 2.13. The van der Waals surface area contributed by atoms with Gasteiger partial charge in [-0.05, 0) is 6.07 Å². The Morgan fingerprint density at radius 1 is 1.33 bits per heavy atom. The Kier molecular flexibility index (Phi) is 4.87. The lowest BCUT2D eigenvalue weighted by atomic mass is 9.93. The highest BCUT2D eigenvalue weighted by Crippen LogP contribution is 2.26. The first-order chi connectivity index (χ1) is 9.94. The molecular weight excluding hydrogens is 286 g/mol. The number of hydrogen-bond donors (Lipinski definition) is 2. The van der Waals surface area contributed by atoms with Crippen LogP contribution in [0.15, 0.2) is 17.5 Å². The topological polar surface area (TPSA) is 86.0 Å². The lowest BCUT2D eigenvalue weighted by molar-refractivity contribution is 0.389. The van der Waals surface area contributed by atoms with Gasteiger partial charge in [-0.3, -0.25) is 11.3 Å². The quantitative estimate of drug-likeness (QED) is 0.649. The van der Waals surface area contributed by atoms with Crippen LogP contribution in [0.4, 0.5) is 0 Å². The van der Waals surface area contributed by atoms with Gasteiger partial charge in [0.2, 0.25) is 5.88 Å². The van der Waals surface area contributed by atoms with E-state index in [9.17, 15) is 0 Å². The zero-order valence-corrected chi connectivity index (χ0v) is 13.6. The van der Waals surface area contributed by atoms with E-state index in [-0.39, 0.29) is 11.5 Å². The average molecular weight is 307 g/mol. The molecule has 1 unspecified atom stereocenters. The molecule has 2 aromatic heterocycles. The number of aromatic nitrogens is 3. The molecule has 0 aromatic carbocycles. The predicted molar refractivity (Wildman–Crippen MR) is 83.2 cm³/mol. The summed E-state index contributed by atoms with van der Waals surface area (Å²) in [5, 5.41) is 11.2. The monoisotopic (exact) mass is 307 g/mol. The van der Waals surface area contributed by atoms with Crippen molar-refractivity contribution < 1.29 is 4.74 Å². The third-order valence-electron chi connectivity index (χ3n) is 3.13. The molecule has 2 rings (SSSR count). The van der Waals surface area contributed by atoms with Crippen LogP contribution in [-0.2, 0) is 11.8 Å². The van der Waals surface area contributed by atoms with Gasteiger partial charge in [0.15, 0.2) is 0 Å². The molecule has 0 fully saturated rings. The standard InChI is InChI=1S/C14H21N5OS/c1-14(2,3)11-8-21-13(16-11)7-10(17-15)9-5-6-12(20-4)19-18-9/h5-6,8,10,17H,7,15H2,1-4H3. The summed E-state index contributed by atoms with van der Waals surface area (Å²) in [5.41, 5.74) is 4.70. The molecule has 1 atom stereocenters. The van der Waals surface area contributed by atoms with Gasteiger partial charge in [-0.15, -0.1) is 16.4 Å². The van der Waals surface area contributed by atoms with Crippen LogP contribution in [0, 0.1) is 0 Å². The van der Waals surface area contributed by atoms with Crippen LogP contribution in [-0.4, -0.2) is 22.3 Å². The minimum absolute atomic E-state index is 0.0559. The van der Waals surface area contributed by atoms with Gasteiger partial charge in [-0.25, -0.2) is 4.98 Å². The summed E-state index contributed by atoms with van der Waals surface area (Å²) in [6.07, 6.45) is 0.679. The smallest absolute Gasteiger partial charge is 0.233 e. The highest BCUT2D eigenvalue weighted by atomic mass is 32.1. The summed E-state index contributed by atoms with van der Waals surface area (Å²) in [6, 6.07) is 3.51. The van der Waals surface area contributed by atoms with E-state index in [1.165, 1.54) is 0 Å². The second-order valence-electron chi connectivity index (χ2n) is 5.80. The van der Waals surface area contributed by atoms with Gasteiger partial charge in [0.1, 0.15) is 0 Å². The number of methoxy groups -OCH3 is 1. The lowest BCUT2D eigenvalue weighted by Gasteiger charge is -2.15. The molecular formula is C14H21N5OS. The molecule has 0 aliphatic rings. The first-order valence-corrected chi connectivity index (χ1v) is 7.60. The summed E-state index contributed by atoms with van der Waals surface area (Å²) in [5.74, 6) is 6.13. The molecule has 21 heavy (non-hydrogen) atoms. The molecule has 7 heteroatoms. The van der Waals surface area contributed by atoms with E-state index in [1.54, 1.807) is 24.5 Å². The minimum Gasteiger partial charge on any atom is -0.480 e. The van der Waals surface area contributed by atoms with Gasteiger partial charge in [0.05, 0.1) is 29.5 Å². The van der Waals surface area contributed by atoms with E-state index in [4.69, 9.17) is 10.6 Å². The molecule has 0 aliphatic heterocycles. The number of rotatable bonds is 5. The molecule has 3 N–H and O–H groups in total. The fourth-order valence-corrected chi connectivity index (χ4v) is 2.87. The number of nitrogens with two attached hydrogens (primary N) is 1. The van der Waals surface area contributed by atoms with E-state index in [2.05, 4.69) is 46.8 Å². The Morgan fingerprint density at radius 3 is 2.57 bits per heavy atom. The van der Waals surface area contributed by atoms with Crippen molar-refractivity contribution in [2.75, 3.05) is 7.11 Å². The molecule has 114 valence electrons. The fourth-order valence-electron chi connectivity index (χ4n) is 1.80. The highest BCUT2D eigenvalue weighted by Gasteiger charge is 2.20. The molecule has 6 nitrogen and oxygen atoms in total. The maximum Gasteiger partial charge on any atom is 0.233 e. The van der Waals surface area contributed by atoms with Crippen molar-refractivity contribution in [1.82, 2.24) is 20.6 Å². The van der Waals surface area contributed by atoms with Crippen LogP contribution in [0.3, 0.4) is 0 Å². The molecule has 0 bridgehead atoms. The highest BCUT2D eigenvalue weighted by molar-refractivity contribution is 7.09. The zero-order chi connectivity index (χ0) is 15.5. The van der Waals surface area contributed by atoms with E-state index < -0.39 is 0 Å². The number of ether oxygens (including phenoxy) is 1. The van der Waals surface area contributed by atoms with Crippen molar-refractivity contribution in [1.29, 1.82) is 0 Å². The van der Waals surface area contributed by atoms with Crippen molar-refractivity contribution >= 4 is 11.3 Å². The number of hydrogen-bond acceptors (Lipinski definition) is 7. The van der Waals surface area contributed by atoms with Crippen molar-refractivity contribution in [2.24, 2.45) is 5.84 Å². The zero-order valence-electron chi connectivity index (χ0n) is 12.8. The number of thiazole rings is 1. The Morgan fingerprint density at radius 2 is 2.10 bits per heavy atom. The van der Waals surface area contributed by atoms with Gasteiger partial charge in [0.25, 0.3) is 0 Å². The Hall–Kier alpha value is -1.57. The normalized spacial score (nSPS) is 13.2. The van der Waals surface area contributed by atoms with Crippen LogP contribution in [0.1, 0.15) is 43.2 Å². The lowest BCUT2D eigenvalue weighted by Crippen LogP contribution is -2.30. The van der Waals surface area contributed by atoms with Gasteiger partial charge >= 0.3 is 0 Å². The number of nitrogens with one attached hydrogen (secondary N) is 1. The van der Waals surface area contributed by atoms with Crippen molar-refractivity contribution in [3.05, 3.63) is 33.9 Å². The first-order valence-electron chi connectivity index (χ1n) is 6.72.